The van der Waals surface area contributed by atoms with E-state index < -0.39 is 0 Å². The van der Waals surface area contributed by atoms with E-state index in [9.17, 15) is 4.79 Å². The van der Waals surface area contributed by atoms with Gasteiger partial charge in [0.1, 0.15) is 0 Å². The average molecular weight is 265 g/mol. The van der Waals surface area contributed by atoms with Gasteiger partial charge < -0.3 is 5.32 Å². The molecule has 2 nitrogen and oxygen atoms in total. The maximum absolute atomic E-state index is 11.9. The van der Waals surface area contributed by atoms with Crippen molar-refractivity contribution in [2.45, 2.75) is 18.8 Å². The summed E-state index contributed by atoms with van der Waals surface area (Å²) in [4.78, 5) is 11.9. The molecule has 2 aromatic rings. The Morgan fingerprint density at radius 2 is 1.45 bits per heavy atom. The standard InChI is InChI=1S/C18H19NO/c20-18(16-11-12-16)19-13-17(14-7-3-1-4-8-14)15-9-5-2-6-10-15/h1-10,16-17H,11-13H2,(H,19,20). The Kier molecular flexibility index (Phi) is 3.82. The Labute approximate surface area is 119 Å². The van der Waals surface area contributed by atoms with Crippen molar-refractivity contribution in [2.75, 3.05) is 6.54 Å². The maximum atomic E-state index is 11.9. The van der Waals surface area contributed by atoms with Crippen LogP contribution in [0.4, 0.5) is 0 Å². The number of hydrogen-bond acceptors (Lipinski definition) is 1. The smallest absolute Gasteiger partial charge is 0.223 e. The Balaban J connectivity index is 1.78. The molecule has 2 heteroatoms. The van der Waals surface area contributed by atoms with E-state index in [1.165, 1.54) is 11.1 Å². The van der Waals surface area contributed by atoms with Gasteiger partial charge in [-0.2, -0.15) is 0 Å². The van der Waals surface area contributed by atoms with Gasteiger partial charge in [0.2, 0.25) is 5.91 Å². The molecular formula is C18H19NO. The van der Waals surface area contributed by atoms with Crippen LogP contribution >= 0.6 is 0 Å². The van der Waals surface area contributed by atoms with Crippen LogP contribution in [0.15, 0.2) is 60.7 Å². The van der Waals surface area contributed by atoms with Crippen LogP contribution in [0.3, 0.4) is 0 Å². The van der Waals surface area contributed by atoms with Crippen LogP contribution in [0.25, 0.3) is 0 Å². The number of carbonyl (C=O) groups is 1. The van der Waals surface area contributed by atoms with Gasteiger partial charge in [0, 0.05) is 18.4 Å². The van der Waals surface area contributed by atoms with Crippen LogP contribution in [0.1, 0.15) is 29.9 Å². The molecule has 1 saturated carbocycles. The van der Waals surface area contributed by atoms with E-state index in [1.54, 1.807) is 0 Å². The zero-order chi connectivity index (χ0) is 13.8. The minimum Gasteiger partial charge on any atom is -0.355 e. The van der Waals surface area contributed by atoms with E-state index in [0.717, 1.165) is 12.8 Å². The minimum absolute atomic E-state index is 0.210. The van der Waals surface area contributed by atoms with Gasteiger partial charge in [0.25, 0.3) is 0 Å². The van der Waals surface area contributed by atoms with E-state index in [2.05, 4.69) is 29.6 Å². The van der Waals surface area contributed by atoms with E-state index in [1.807, 2.05) is 36.4 Å². The molecule has 1 aliphatic rings. The van der Waals surface area contributed by atoms with E-state index in [-0.39, 0.29) is 17.7 Å². The molecule has 0 unspecified atom stereocenters. The SMILES string of the molecule is O=C(NCC(c1ccccc1)c1ccccc1)C1CC1. The van der Waals surface area contributed by atoms with E-state index in [4.69, 9.17) is 0 Å². The minimum atomic E-state index is 0.210. The van der Waals surface area contributed by atoms with Gasteiger partial charge in [-0.05, 0) is 24.0 Å². The van der Waals surface area contributed by atoms with Crippen molar-refractivity contribution in [3.05, 3.63) is 71.8 Å². The molecule has 1 aliphatic carbocycles. The molecule has 0 heterocycles. The highest BCUT2D eigenvalue weighted by Crippen LogP contribution is 2.29. The van der Waals surface area contributed by atoms with Gasteiger partial charge in [-0.1, -0.05) is 60.7 Å². The molecule has 1 N–H and O–H groups in total. The molecule has 0 aromatic heterocycles. The molecule has 0 radical (unpaired) electrons. The van der Waals surface area contributed by atoms with Crippen molar-refractivity contribution in [3.8, 4) is 0 Å². The lowest BCUT2D eigenvalue weighted by molar-refractivity contribution is -0.122. The third-order valence-electron chi connectivity index (χ3n) is 3.83. The lowest BCUT2D eigenvalue weighted by atomic mass is 9.91. The average Bonchev–Trinajstić information content (AvgIpc) is 3.34. The van der Waals surface area contributed by atoms with Crippen molar-refractivity contribution < 1.29 is 4.79 Å². The highest BCUT2D eigenvalue weighted by Gasteiger charge is 2.29. The first-order valence-corrected chi connectivity index (χ1v) is 7.22. The maximum Gasteiger partial charge on any atom is 0.223 e. The molecule has 1 fully saturated rings. The van der Waals surface area contributed by atoms with E-state index in [0.29, 0.717) is 6.54 Å². The second-order valence-corrected chi connectivity index (χ2v) is 5.39. The predicted octanol–water partition coefficient (Wildman–Crippen LogP) is 3.34. The molecular weight excluding hydrogens is 246 g/mol. The van der Waals surface area contributed by atoms with Crippen molar-refractivity contribution in [1.82, 2.24) is 5.32 Å². The number of benzene rings is 2. The van der Waals surface area contributed by atoms with Crippen LogP contribution in [-0.2, 0) is 4.79 Å². The lowest BCUT2D eigenvalue weighted by Crippen LogP contribution is -2.30. The van der Waals surface area contributed by atoms with Crippen molar-refractivity contribution in [3.63, 3.8) is 0 Å². The molecule has 0 spiro atoms. The Morgan fingerprint density at radius 1 is 0.950 bits per heavy atom. The Morgan fingerprint density at radius 3 is 1.90 bits per heavy atom. The van der Waals surface area contributed by atoms with Crippen LogP contribution in [0, 0.1) is 5.92 Å². The van der Waals surface area contributed by atoms with Gasteiger partial charge in [-0.15, -0.1) is 0 Å². The molecule has 0 saturated heterocycles. The zero-order valence-corrected chi connectivity index (χ0v) is 11.5. The van der Waals surface area contributed by atoms with Crippen molar-refractivity contribution in [1.29, 1.82) is 0 Å². The lowest BCUT2D eigenvalue weighted by Gasteiger charge is -2.18. The fourth-order valence-electron chi connectivity index (χ4n) is 2.49. The van der Waals surface area contributed by atoms with E-state index >= 15 is 0 Å². The van der Waals surface area contributed by atoms with Gasteiger partial charge in [0.05, 0.1) is 0 Å². The number of nitrogens with one attached hydrogen (secondary N) is 1. The van der Waals surface area contributed by atoms with Crippen molar-refractivity contribution >= 4 is 5.91 Å². The number of hydrogen-bond donors (Lipinski definition) is 1. The molecule has 0 atom stereocenters. The second kappa shape index (κ2) is 5.91. The monoisotopic (exact) mass is 265 g/mol. The first kappa shape index (κ1) is 12.9. The Hall–Kier alpha value is -2.09. The summed E-state index contributed by atoms with van der Waals surface area (Å²) in [5.41, 5.74) is 2.49. The highest BCUT2D eigenvalue weighted by molar-refractivity contribution is 5.80. The normalized spacial score (nSPS) is 14.2. The largest absolute Gasteiger partial charge is 0.355 e. The first-order chi connectivity index (χ1) is 9.84. The molecule has 3 rings (SSSR count). The van der Waals surface area contributed by atoms with Gasteiger partial charge in [0.15, 0.2) is 0 Å². The molecule has 0 aliphatic heterocycles. The Bertz CT molecular complexity index is 521. The van der Waals surface area contributed by atoms with Gasteiger partial charge >= 0.3 is 0 Å². The molecule has 0 bridgehead atoms. The third-order valence-corrected chi connectivity index (χ3v) is 3.83. The van der Waals surface area contributed by atoms with Crippen molar-refractivity contribution in [2.24, 2.45) is 5.92 Å². The zero-order valence-electron chi connectivity index (χ0n) is 11.5. The summed E-state index contributed by atoms with van der Waals surface area (Å²) in [5.74, 6) is 0.698. The summed E-state index contributed by atoms with van der Waals surface area (Å²) in [6.45, 7) is 0.670. The molecule has 102 valence electrons. The highest BCUT2D eigenvalue weighted by atomic mass is 16.2. The molecule has 2 aromatic carbocycles. The third kappa shape index (κ3) is 3.08. The van der Waals surface area contributed by atoms with Gasteiger partial charge in [-0.25, -0.2) is 0 Å². The fraction of sp³-hybridized carbons (Fsp3) is 0.278. The van der Waals surface area contributed by atoms with Crippen LogP contribution < -0.4 is 5.32 Å². The summed E-state index contributed by atoms with van der Waals surface area (Å²) in [6.07, 6.45) is 2.10. The van der Waals surface area contributed by atoms with Crippen LogP contribution in [0.5, 0.6) is 0 Å². The van der Waals surface area contributed by atoms with Gasteiger partial charge in [-0.3, -0.25) is 4.79 Å². The summed E-state index contributed by atoms with van der Waals surface area (Å²) < 4.78 is 0. The quantitative estimate of drug-likeness (QED) is 0.882. The number of amides is 1. The second-order valence-electron chi connectivity index (χ2n) is 5.39. The van der Waals surface area contributed by atoms with Crippen LogP contribution in [-0.4, -0.2) is 12.5 Å². The summed E-state index contributed by atoms with van der Waals surface area (Å²) in [6, 6.07) is 20.7. The number of carbonyl (C=O) groups excluding carboxylic acids is 1. The fourth-order valence-corrected chi connectivity index (χ4v) is 2.49. The predicted molar refractivity (Wildman–Crippen MR) is 80.5 cm³/mol. The molecule has 20 heavy (non-hydrogen) atoms. The van der Waals surface area contributed by atoms with Crippen LogP contribution in [0.2, 0.25) is 0 Å². The first-order valence-electron chi connectivity index (χ1n) is 7.22. The summed E-state index contributed by atoms with van der Waals surface area (Å²) in [7, 11) is 0. The topological polar surface area (TPSA) is 29.1 Å². The summed E-state index contributed by atoms with van der Waals surface area (Å²) >= 11 is 0. The molecule has 1 amide bonds. The number of rotatable bonds is 5. The summed E-state index contributed by atoms with van der Waals surface area (Å²) in [5, 5.41) is 3.10.